The molecule has 7 heteroatoms. The minimum Gasteiger partial charge on any atom is -0.477 e. The predicted molar refractivity (Wildman–Crippen MR) is 69.1 cm³/mol. The Bertz CT molecular complexity index is 582. The number of hydrogen-bond acceptors (Lipinski definition) is 5. The van der Waals surface area contributed by atoms with Crippen LogP contribution in [0.15, 0.2) is 36.5 Å². The number of rotatable bonds is 6. The summed E-state index contributed by atoms with van der Waals surface area (Å²) in [6.07, 6.45) is 0.0893. The first-order valence-electron chi connectivity index (χ1n) is 5.92. The molecule has 0 amide bonds. The van der Waals surface area contributed by atoms with Gasteiger partial charge in [0.05, 0.1) is 18.5 Å². The zero-order chi connectivity index (χ0) is 14.5. The summed E-state index contributed by atoms with van der Waals surface area (Å²) in [5.74, 6) is -1.17. The zero-order valence-electron chi connectivity index (χ0n) is 10.5. The molecule has 0 aliphatic rings. The van der Waals surface area contributed by atoms with E-state index in [0.29, 0.717) is 5.69 Å². The second kappa shape index (κ2) is 6.18. The van der Waals surface area contributed by atoms with E-state index < -0.39 is 18.7 Å². The number of aliphatic hydroxyl groups is 2. The lowest BCUT2D eigenvalue weighted by molar-refractivity contribution is 0.0497. The molecular weight excluding hydrogens is 264 g/mol. The number of aromatic carboxylic acids is 1. The van der Waals surface area contributed by atoms with Gasteiger partial charge in [-0.05, 0) is 12.1 Å². The topological polar surface area (TPSA) is 105 Å². The van der Waals surface area contributed by atoms with Crippen LogP contribution < -0.4 is 4.74 Å². The summed E-state index contributed by atoms with van der Waals surface area (Å²) >= 11 is 0. The molecular formula is C13H14N2O5. The van der Waals surface area contributed by atoms with Crippen LogP contribution in [-0.2, 0) is 0 Å². The van der Waals surface area contributed by atoms with Gasteiger partial charge in [0.1, 0.15) is 18.3 Å². The number of carboxylic acid groups (broad SMARTS) is 1. The van der Waals surface area contributed by atoms with Crippen LogP contribution in [0.3, 0.4) is 0 Å². The van der Waals surface area contributed by atoms with Crippen LogP contribution in [0.1, 0.15) is 10.4 Å². The second-order valence-electron chi connectivity index (χ2n) is 4.06. The normalized spacial score (nSPS) is 12.1. The molecule has 1 aromatic carbocycles. The van der Waals surface area contributed by atoms with Crippen molar-refractivity contribution in [2.75, 3.05) is 13.2 Å². The van der Waals surface area contributed by atoms with Crippen molar-refractivity contribution < 1.29 is 24.9 Å². The average Bonchev–Trinajstić information content (AvgIpc) is 2.89. The highest BCUT2D eigenvalue weighted by Gasteiger charge is 2.20. The Labute approximate surface area is 114 Å². The van der Waals surface area contributed by atoms with Gasteiger partial charge in [0.15, 0.2) is 0 Å². The highest BCUT2D eigenvalue weighted by Crippen LogP contribution is 2.22. The fourth-order valence-corrected chi connectivity index (χ4v) is 1.60. The van der Waals surface area contributed by atoms with Crippen LogP contribution in [0.25, 0.3) is 5.69 Å². The van der Waals surface area contributed by atoms with E-state index in [1.807, 2.05) is 6.07 Å². The van der Waals surface area contributed by atoms with Crippen LogP contribution in [-0.4, -0.2) is 50.4 Å². The van der Waals surface area contributed by atoms with E-state index in [-0.39, 0.29) is 18.1 Å². The molecule has 0 radical (unpaired) electrons. The van der Waals surface area contributed by atoms with Gasteiger partial charge in [-0.1, -0.05) is 18.2 Å². The molecule has 0 aliphatic carbocycles. The van der Waals surface area contributed by atoms with Gasteiger partial charge in [-0.2, -0.15) is 5.10 Å². The Morgan fingerprint density at radius 3 is 2.65 bits per heavy atom. The minimum atomic E-state index is -1.18. The van der Waals surface area contributed by atoms with E-state index in [9.17, 15) is 9.90 Å². The maximum absolute atomic E-state index is 11.1. The molecule has 106 valence electrons. The first-order chi connectivity index (χ1) is 9.63. The summed E-state index contributed by atoms with van der Waals surface area (Å²) in [4.78, 5) is 11.1. The number of carboxylic acids is 1. The average molecular weight is 278 g/mol. The quantitative estimate of drug-likeness (QED) is 0.702. The number of para-hydroxylation sites is 1. The van der Waals surface area contributed by atoms with Crippen molar-refractivity contribution in [2.24, 2.45) is 0 Å². The monoisotopic (exact) mass is 278 g/mol. The van der Waals surface area contributed by atoms with Gasteiger partial charge < -0.3 is 20.1 Å². The van der Waals surface area contributed by atoms with E-state index in [2.05, 4.69) is 5.10 Å². The summed E-state index contributed by atoms with van der Waals surface area (Å²) in [5, 5.41) is 31.1. The van der Waals surface area contributed by atoms with E-state index in [4.69, 9.17) is 14.9 Å². The molecule has 7 nitrogen and oxygen atoms in total. The van der Waals surface area contributed by atoms with E-state index in [1.165, 1.54) is 10.9 Å². The van der Waals surface area contributed by atoms with Crippen molar-refractivity contribution in [3.05, 3.63) is 42.1 Å². The predicted octanol–water partition coefficient (Wildman–Crippen LogP) is 0.302. The largest absolute Gasteiger partial charge is 0.477 e. The Morgan fingerprint density at radius 1 is 1.35 bits per heavy atom. The number of ether oxygens (including phenoxy) is 1. The molecule has 3 N–H and O–H groups in total. The number of aliphatic hydroxyl groups excluding tert-OH is 2. The molecule has 0 saturated carbocycles. The van der Waals surface area contributed by atoms with Gasteiger partial charge in [0.2, 0.25) is 5.88 Å². The highest BCUT2D eigenvalue weighted by molar-refractivity contribution is 5.90. The first kappa shape index (κ1) is 14.0. The van der Waals surface area contributed by atoms with Crippen molar-refractivity contribution in [2.45, 2.75) is 6.10 Å². The van der Waals surface area contributed by atoms with Gasteiger partial charge in [0, 0.05) is 0 Å². The van der Waals surface area contributed by atoms with E-state index >= 15 is 0 Å². The van der Waals surface area contributed by atoms with E-state index in [0.717, 1.165) is 0 Å². The molecule has 0 bridgehead atoms. The Kier molecular flexibility index (Phi) is 4.34. The lowest BCUT2D eigenvalue weighted by Gasteiger charge is -2.12. The lowest BCUT2D eigenvalue weighted by atomic mass is 10.3. The van der Waals surface area contributed by atoms with Crippen LogP contribution in [0, 0.1) is 0 Å². The number of benzene rings is 1. The molecule has 0 spiro atoms. The van der Waals surface area contributed by atoms with Crippen LogP contribution in [0.5, 0.6) is 5.88 Å². The highest BCUT2D eigenvalue weighted by atomic mass is 16.5. The summed E-state index contributed by atoms with van der Waals surface area (Å²) in [6.45, 7) is -0.697. The van der Waals surface area contributed by atoms with Crippen molar-refractivity contribution in [1.82, 2.24) is 9.78 Å². The van der Waals surface area contributed by atoms with Crippen molar-refractivity contribution >= 4 is 5.97 Å². The van der Waals surface area contributed by atoms with Gasteiger partial charge in [-0.3, -0.25) is 0 Å². The summed E-state index contributed by atoms with van der Waals surface area (Å²) < 4.78 is 6.61. The third-order valence-electron chi connectivity index (χ3n) is 2.58. The fourth-order valence-electron chi connectivity index (χ4n) is 1.60. The molecule has 0 saturated heterocycles. The summed E-state index contributed by atoms with van der Waals surface area (Å²) in [7, 11) is 0. The maximum atomic E-state index is 11.1. The molecule has 1 heterocycles. The fraction of sp³-hybridized carbons (Fsp3) is 0.231. The van der Waals surface area contributed by atoms with Crippen LogP contribution in [0.4, 0.5) is 0 Å². The molecule has 1 unspecified atom stereocenters. The van der Waals surface area contributed by atoms with Crippen molar-refractivity contribution in [3.8, 4) is 11.6 Å². The SMILES string of the molecule is O=C(O)c1cnn(-c2ccccc2)c1OCC(O)CO. The third kappa shape index (κ3) is 2.95. The number of hydrogen-bond donors (Lipinski definition) is 3. The zero-order valence-corrected chi connectivity index (χ0v) is 10.5. The van der Waals surface area contributed by atoms with Gasteiger partial charge in [0.25, 0.3) is 0 Å². The first-order valence-corrected chi connectivity index (χ1v) is 5.92. The molecule has 2 aromatic rings. The molecule has 0 fully saturated rings. The Balaban J connectivity index is 2.35. The minimum absolute atomic E-state index is 0.0104. The van der Waals surface area contributed by atoms with Crippen LogP contribution >= 0.6 is 0 Å². The summed E-state index contributed by atoms with van der Waals surface area (Å²) in [5.41, 5.74) is 0.521. The molecule has 1 atom stereocenters. The number of nitrogens with zero attached hydrogens (tertiary/aromatic N) is 2. The third-order valence-corrected chi connectivity index (χ3v) is 2.58. The standard InChI is InChI=1S/C13H14N2O5/c16-7-10(17)8-20-12-11(13(18)19)6-14-15(12)9-4-2-1-3-5-9/h1-6,10,16-17H,7-8H2,(H,18,19). The smallest absolute Gasteiger partial charge is 0.342 e. The van der Waals surface area contributed by atoms with Crippen molar-refractivity contribution in [3.63, 3.8) is 0 Å². The maximum Gasteiger partial charge on any atom is 0.342 e. The van der Waals surface area contributed by atoms with Crippen molar-refractivity contribution in [1.29, 1.82) is 0 Å². The second-order valence-corrected chi connectivity index (χ2v) is 4.06. The van der Waals surface area contributed by atoms with Crippen LogP contribution in [0.2, 0.25) is 0 Å². The molecule has 0 aliphatic heterocycles. The summed E-state index contributed by atoms with van der Waals surface area (Å²) in [6, 6.07) is 8.87. The number of carbonyl (C=O) groups is 1. The van der Waals surface area contributed by atoms with Gasteiger partial charge in [-0.15, -0.1) is 0 Å². The van der Waals surface area contributed by atoms with Gasteiger partial charge in [-0.25, -0.2) is 9.48 Å². The lowest BCUT2D eigenvalue weighted by Crippen LogP contribution is -2.22. The Morgan fingerprint density at radius 2 is 2.05 bits per heavy atom. The number of aromatic nitrogens is 2. The van der Waals surface area contributed by atoms with Gasteiger partial charge >= 0.3 is 5.97 Å². The van der Waals surface area contributed by atoms with E-state index in [1.54, 1.807) is 24.3 Å². The molecule has 20 heavy (non-hydrogen) atoms. The molecule has 2 rings (SSSR count). The molecule has 1 aromatic heterocycles. The Hall–Kier alpha value is -2.38.